The first-order valence-electron chi connectivity index (χ1n) is 7.18. The van der Waals surface area contributed by atoms with Gasteiger partial charge in [-0.25, -0.2) is 0 Å². The van der Waals surface area contributed by atoms with Crippen LogP contribution in [0.5, 0.6) is 0 Å². The van der Waals surface area contributed by atoms with E-state index in [1.165, 1.54) is 38.9 Å². The molecule has 0 fully saturated rings. The number of rotatable bonds is 9. The fourth-order valence-electron chi connectivity index (χ4n) is 1.75. The highest BCUT2D eigenvalue weighted by Crippen LogP contribution is 2.10. The van der Waals surface area contributed by atoms with E-state index < -0.39 is 0 Å². The summed E-state index contributed by atoms with van der Waals surface area (Å²) in [7, 11) is 0. The van der Waals surface area contributed by atoms with Crippen LogP contribution in [0.25, 0.3) is 0 Å². The van der Waals surface area contributed by atoms with Crippen LogP contribution in [0.4, 0.5) is 0 Å². The molecule has 0 saturated carbocycles. The van der Waals surface area contributed by atoms with Gasteiger partial charge in [0.1, 0.15) is 0 Å². The van der Waals surface area contributed by atoms with Gasteiger partial charge < -0.3 is 4.90 Å². The molecule has 0 heterocycles. The molecule has 0 aliphatic heterocycles. The van der Waals surface area contributed by atoms with E-state index in [4.69, 9.17) is 0 Å². The Morgan fingerprint density at radius 2 is 1.25 bits per heavy atom. The van der Waals surface area contributed by atoms with Gasteiger partial charge in [0, 0.05) is 6.54 Å². The summed E-state index contributed by atoms with van der Waals surface area (Å²) in [6.45, 7) is 17.8. The predicted octanol–water partition coefficient (Wildman–Crippen LogP) is 4.43. The first kappa shape index (κ1) is 16.0. The van der Waals surface area contributed by atoms with Crippen LogP contribution < -0.4 is 0 Å². The van der Waals surface area contributed by atoms with Crippen LogP contribution in [0.15, 0.2) is 0 Å². The van der Waals surface area contributed by atoms with Crippen molar-refractivity contribution >= 4 is 0 Å². The zero-order valence-corrected chi connectivity index (χ0v) is 12.4. The molecule has 0 aromatic heterocycles. The summed E-state index contributed by atoms with van der Waals surface area (Å²) in [5, 5.41) is 0. The molecular weight excluding hydrogens is 194 g/mol. The zero-order chi connectivity index (χ0) is 12.6. The van der Waals surface area contributed by atoms with E-state index in [-0.39, 0.29) is 0 Å². The maximum absolute atomic E-state index is 2.67. The molecule has 1 atom stereocenters. The maximum Gasteiger partial charge on any atom is 0.000692 e. The van der Waals surface area contributed by atoms with Crippen LogP contribution in [0, 0.1) is 17.8 Å². The van der Waals surface area contributed by atoms with Gasteiger partial charge in [-0.2, -0.15) is 0 Å². The first-order chi connectivity index (χ1) is 7.45. The van der Waals surface area contributed by atoms with Gasteiger partial charge in [0.25, 0.3) is 0 Å². The van der Waals surface area contributed by atoms with Gasteiger partial charge in [0.2, 0.25) is 0 Å². The summed E-state index contributed by atoms with van der Waals surface area (Å²) < 4.78 is 0. The van der Waals surface area contributed by atoms with Crippen LogP contribution >= 0.6 is 0 Å². The molecule has 0 aliphatic rings. The minimum atomic E-state index is 0.832. The van der Waals surface area contributed by atoms with Gasteiger partial charge in [-0.3, -0.25) is 0 Å². The monoisotopic (exact) mass is 227 g/mol. The van der Waals surface area contributed by atoms with Crippen LogP contribution in [0.3, 0.4) is 0 Å². The zero-order valence-electron chi connectivity index (χ0n) is 12.4. The van der Waals surface area contributed by atoms with Gasteiger partial charge in [0.15, 0.2) is 0 Å². The van der Waals surface area contributed by atoms with Gasteiger partial charge in [-0.1, -0.05) is 48.0 Å². The molecule has 0 aromatic carbocycles. The van der Waals surface area contributed by atoms with Gasteiger partial charge in [-0.15, -0.1) is 0 Å². The van der Waals surface area contributed by atoms with Crippen molar-refractivity contribution in [3.05, 3.63) is 0 Å². The van der Waals surface area contributed by atoms with E-state index >= 15 is 0 Å². The molecule has 1 heteroatoms. The summed E-state index contributed by atoms with van der Waals surface area (Å²) in [5.41, 5.74) is 0. The van der Waals surface area contributed by atoms with Crippen LogP contribution in [0.1, 0.15) is 60.8 Å². The third-order valence-electron chi connectivity index (χ3n) is 3.31. The molecular formula is C15H33N. The predicted molar refractivity (Wildman–Crippen MR) is 74.8 cm³/mol. The van der Waals surface area contributed by atoms with Gasteiger partial charge >= 0.3 is 0 Å². The van der Waals surface area contributed by atoms with Crippen molar-refractivity contribution in [2.24, 2.45) is 17.8 Å². The standard InChI is InChI=1S/C15H33N/c1-7-15(6)12-16(10-8-13(2)3)11-9-14(4)5/h13-15H,7-12H2,1-6H3. The van der Waals surface area contributed by atoms with Crippen LogP contribution in [-0.4, -0.2) is 24.5 Å². The Balaban J connectivity index is 3.94. The Labute approximate surface area is 104 Å². The minimum Gasteiger partial charge on any atom is -0.303 e. The number of hydrogen-bond donors (Lipinski definition) is 0. The average molecular weight is 227 g/mol. The van der Waals surface area contributed by atoms with Crippen molar-refractivity contribution < 1.29 is 0 Å². The summed E-state index contributed by atoms with van der Waals surface area (Å²) in [5.74, 6) is 2.51. The van der Waals surface area contributed by atoms with Crippen molar-refractivity contribution in [3.63, 3.8) is 0 Å². The highest BCUT2D eigenvalue weighted by molar-refractivity contribution is 4.64. The fourth-order valence-corrected chi connectivity index (χ4v) is 1.75. The summed E-state index contributed by atoms with van der Waals surface area (Å²) >= 11 is 0. The van der Waals surface area contributed by atoms with E-state index in [2.05, 4.69) is 46.4 Å². The first-order valence-corrected chi connectivity index (χ1v) is 7.18. The number of hydrogen-bond acceptors (Lipinski definition) is 1. The quantitative estimate of drug-likeness (QED) is 0.563. The molecule has 16 heavy (non-hydrogen) atoms. The molecule has 0 bridgehead atoms. The normalized spacial score (nSPS) is 14.1. The van der Waals surface area contributed by atoms with Crippen LogP contribution in [-0.2, 0) is 0 Å². The van der Waals surface area contributed by atoms with Gasteiger partial charge in [0.05, 0.1) is 0 Å². The molecule has 0 aromatic rings. The van der Waals surface area contributed by atoms with Crippen molar-refractivity contribution in [2.75, 3.05) is 19.6 Å². The van der Waals surface area contributed by atoms with Crippen molar-refractivity contribution in [2.45, 2.75) is 60.8 Å². The van der Waals surface area contributed by atoms with Crippen molar-refractivity contribution in [1.29, 1.82) is 0 Å². The molecule has 0 saturated heterocycles. The van der Waals surface area contributed by atoms with E-state index in [1.807, 2.05) is 0 Å². The van der Waals surface area contributed by atoms with Crippen LogP contribution in [0.2, 0.25) is 0 Å². The summed E-state index contributed by atoms with van der Waals surface area (Å²) in [6, 6.07) is 0. The Kier molecular flexibility index (Phi) is 9.02. The Hall–Kier alpha value is -0.0400. The number of nitrogens with zero attached hydrogens (tertiary/aromatic N) is 1. The molecule has 0 rings (SSSR count). The lowest BCUT2D eigenvalue weighted by atomic mass is 10.1. The lowest BCUT2D eigenvalue weighted by Gasteiger charge is -2.26. The highest BCUT2D eigenvalue weighted by atomic mass is 15.1. The smallest absolute Gasteiger partial charge is 0.000692 e. The highest BCUT2D eigenvalue weighted by Gasteiger charge is 2.10. The van der Waals surface area contributed by atoms with Crippen molar-refractivity contribution in [1.82, 2.24) is 4.90 Å². The SMILES string of the molecule is CCC(C)CN(CCC(C)C)CCC(C)C. The minimum absolute atomic E-state index is 0.832. The van der Waals surface area contributed by atoms with E-state index in [9.17, 15) is 0 Å². The molecule has 0 spiro atoms. The van der Waals surface area contributed by atoms with Crippen molar-refractivity contribution in [3.8, 4) is 0 Å². The molecule has 0 amide bonds. The lowest BCUT2D eigenvalue weighted by molar-refractivity contribution is 0.212. The summed E-state index contributed by atoms with van der Waals surface area (Å²) in [4.78, 5) is 2.67. The molecule has 98 valence electrons. The molecule has 1 unspecified atom stereocenters. The van der Waals surface area contributed by atoms with Gasteiger partial charge in [-0.05, 0) is 43.7 Å². The summed E-state index contributed by atoms with van der Waals surface area (Å²) in [6.07, 6.45) is 3.99. The van der Waals surface area contributed by atoms with E-state index in [1.54, 1.807) is 0 Å². The van der Waals surface area contributed by atoms with E-state index in [0.29, 0.717) is 0 Å². The molecule has 1 nitrogen and oxygen atoms in total. The lowest BCUT2D eigenvalue weighted by Crippen LogP contribution is -2.31. The third kappa shape index (κ3) is 9.21. The maximum atomic E-state index is 2.67. The topological polar surface area (TPSA) is 3.24 Å². The fraction of sp³-hybridized carbons (Fsp3) is 1.00. The average Bonchev–Trinajstić information content (AvgIpc) is 2.21. The van der Waals surface area contributed by atoms with E-state index in [0.717, 1.165) is 17.8 Å². The molecule has 0 aliphatic carbocycles. The Bertz CT molecular complexity index is 140. The second kappa shape index (κ2) is 9.04. The second-order valence-corrected chi connectivity index (χ2v) is 6.18. The molecule has 0 radical (unpaired) electrons. The Morgan fingerprint density at radius 1 is 0.812 bits per heavy atom. The molecule has 0 N–H and O–H groups in total. The third-order valence-corrected chi connectivity index (χ3v) is 3.31. The second-order valence-electron chi connectivity index (χ2n) is 6.18. The largest absolute Gasteiger partial charge is 0.303 e. The Morgan fingerprint density at radius 3 is 1.56 bits per heavy atom.